The van der Waals surface area contributed by atoms with E-state index < -0.39 is 0 Å². The van der Waals surface area contributed by atoms with Crippen molar-refractivity contribution in [2.45, 2.75) is 0 Å². The lowest BCUT2D eigenvalue weighted by Gasteiger charge is -2.01. The fourth-order valence-electron chi connectivity index (χ4n) is 2.58. The Kier molecular flexibility index (Phi) is 2.38. The van der Waals surface area contributed by atoms with Crippen LogP contribution in [0.5, 0.6) is 0 Å². The number of hydrogen-bond donors (Lipinski definition) is 0. The van der Waals surface area contributed by atoms with Crippen LogP contribution in [0.25, 0.3) is 32.7 Å². The Balaban J connectivity index is 2.36. The molecule has 0 unspecified atom stereocenters. The Hall–Kier alpha value is -1.51. The second-order valence-electron chi connectivity index (χ2n) is 4.49. The molecule has 1 nitrogen and oxygen atoms in total. The zero-order valence-electron chi connectivity index (χ0n) is 9.78. The summed E-state index contributed by atoms with van der Waals surface area (Å²) in [6, 6.07) is 16.0. The van der Waals surface area contributed by atoms with Crippen LogP contribution in [0, 0.1) is 0 Å². The first-order chi connectivity index (χ1) is 9.25. The van der Waals surface area contributed by atoms with Crippen LogP contribution in [-0.4, -0.2) is 0 Å². The van der Waals surface area contributed by atoms with Gasteiger partial charge in [-0.15, -0.1) is 0 Å². The second-order valence-corrected chi connectivity index (χ2v) is 5.75. The van der Waals surface area contributed by atoms with Crippen LogP contribution in [0.2, 0.25) is 5.02 Å². The van der Waals surface area contributed by atoms with E-state index in [9.17, 15) is 0 Å². The highest BCUT2D eigenvalue weighted by Crippen LogP contribution is 2.38. The van der Waals surface area contributed by atoms with Crippen molar-refractivity contribution in [2.75, 3.05) is 0 Å². The third kappa shape index (κ3) is 1.54. The summed E-state index contributed by atoms with van der Waals surface area (Å²) in [6.45, 7) is 0. The van der Waals surface area contributed by atoms with Crippen LogP contribution in [0.4, 0.5) is 0 Å². The van der Waals surface area contributed by atoms with Gasteiger partial charge in [-0.05, 0) is 45.6 Å². The molecule has 0 fully saturated rings. The summed E-state index contributed by atoms with van der Waals surface area (Å²) in [6.07, 6.45) is 0. The molecular formula is C16H8BrClO. The summed E-state index contributed by atoms with van der Waals surface area (Å²) in [5.41, 5.74) is 1.77. The summed E-state index contributed by atoms with van der Waals surface area (Å²) in [5, 5.41) is 5.18. The van der Waals surface area contributed by atoms with Gasteiger partial charge in [0, 0.05) is 21.2 Å². The van der Waals surface area contributed by atoms with Crippen LogP contribution in [-0.2, 0) is 0 Å². The van der Waals surface area contributed by atoms with Crippen LogP contribution in [0.15, 0.2) is 57.4 Å². The van der Waals surface area contributed by atoms with Crippen LogP contribution < -0.4 is 0 Å². The molecule has 0 atom stereocenters. The minimum Gasteiger partial charge on any atom is -0.455 e. The summed E-state index contributed by atoms with van der Waals surface area (Å²) in [4.78, 5) is 0. The molecule has 0 saturated carbocycles. The summed E-state index contributed by atoms with van der Waals surface area (Å²) >= 11 is 9.80. The second kappa shape index (κ2) is 3.99. The zero-order chi connectivity index (χ0) is 13.0. The van der Waals surface area contributed by atoms with Gasteiger partial charge in [0.1, 0.15) is 11.2 Å². The average Bonchev–Trinajstić information content (AvgIpc) is 2.80. The number of rotatable bonds is 0. The molecule has 0 spiro atoms. The Morgan fingerprint density at radius 3 is 2.53 bits per heavy atom. The summed E-state index contributed by atoms with van der Waals surface area (Å²) < 4.78 is 6.91. The highest BCUT2D eigenvalue weighted by Gasteiger charge is 2.12. The molecule has 0 aliphatic carbocycles. The molecule has 19 heavy (non-hydrogen) atoms. The van der Waals surface area contributed by atoms with Gasteiger partial charge in [-0.25, -0.2) is 0 Å². The molecule has 1 heterocycles. The van der Waals surface area contributed by atoms with Crippen molar-refractivity contribution in [1.82, 2.24) is 0 Å². The third-order valence-electron chi connectivity index (χ3n) is 3.42. The maximum absolute atomic E-state index is 6.27. The highest BCUT2D eigenvalue weighted by atomic mass is 79.9. The lowest BCUT2D eigenvalue weighted by molar-refractivity contribution is 0.667. The van der Waals surface area contributed by atoms with Gasteiger partial charge in [-0.1, -0.05) is 35.9 Å². The largest absolute Gasteiger partial charge is 0.455 e. The van der Waals surface area contributed by atoms with Crippen LogP contribution in [0.1, 0.15) is 0 Å². The summed E-state index contributed by atoms with van der Waals surface area (Å²) in [5.74, 6) is 0. The van der Waals surface area contributed by atoms with Crippen molar-refractivity contribution in [1.29, 1.82) is 0 Å². The monoisotopic (exact) mass is 330 g/mol. The Morgan fingerprint density at radius 2 is 1.63 bits per heavy atom. The highest BCUT2D eigenvalue weighted by molar-refractivity contribution is 9.10. The molecule has 0 N–H and O–H groups in total. The number of benzene rings is 3. The molecule has 3 aromatic carbocycles. The predicted octanol–water partition coefficient (Wildman–Crippen LogP) is 6.16. The van der Waals surface area contributed by atoms with Crippen LogP contribution in [0.3, 0.4) is 0 Å². The lowest BCUT2D eigenvalue weighted by atomic mass is 10.0. The van der Waals surface area contributed by atoms with Crippen molar-refractivity contribution in [2.24, 2.45) is 0 Å². The van der Waals surface area contributed by atoms with E-state index in [1.807, 2.05) is 36.4 Å². The Bertz CT molecular complexity index is 928. The van der Waals surface area contributed by atoms with Crippen molar-refractivity contribution in [3.63, 3.8) is 0 Å². The molecule has 4 aromatic rings. The van der Waals surface area contributed by atoms with E-state index in [1.165, 1.54) is 0 Å². The molecule has 0 radical (unpaired) electrons. The smallest absolute Gasteiger partial charge is 0.149 e. The standard InChI is InChI=1S/C16H8BrClO/c17-12-5-1-4-11-15-10-3-2-6-13(18)9(10)7-8-14(15)19-16(11)12/h1-8H. The quantitative estimate of drug-likeness (QED) is 0.376. The molecule has 4 rings (SSSR count). The molecular weight excluding hydrogens is 324 g/mol. The molecule has 92 valence electrons. The minimum absolute atomic E-state index is 0.767. The lowest BCUT2D eigenvalue weighted by Crippen LogP contribution is -1.75. The van der Waals surface area contributed by atoms with Crippen molar-refractivity contribution in [3.8, 4) is 0 Å². The normalized spacial score (nSPS) is 11.7. The molecule has 3 heteroatoms. The van der Waals surface area contributed by atoms with Gasteiger partial charge in [-0.3, -0.25) is 0 Å². The van der Waals surface area contributed by atoms with Gasteiger partial charge in [0.25, 0.3) is 0 Å². The first-order valence-electron chi connectivity index (χ1n) is 5.93. The van der Waals surface area contributed by atoms with Gasteiger partial charge in [0.15, 0.2) is 0 Å². The van der Waals surface area contributed by atoms with E-state index in [0.717, 1.165) is 42.2 Å². The molecule has 0 aliphatic rings. The van der Waals surface area contributed by atoms with E-state index in [0.29, 0.717) is 0 Å². The van der Waals surface area contributed by atoms with Gasteiger partial charge in [0.2, 0.25) is 0 Å². The van der Waals surface area contributed by atoms with E-state index in [1.54, 1.807) is 0 Å². The molecule has 0 bridgehead atoms. The number of fused-ring (bicyclic) bond motifs is 5. The third-order valence-corrected chi connectivity index (χ3v) is 4.37. The average molecular weight is 332 g/mol. The van der Waals surface area contributed by atoms with E-state index >= 15 is 0 Å². The number of halogens is 2. The molecule has 1 aromatic heterocycles. The fraction of sp³-hybridized carbons (Fsp3) is 0. The predicted molar refractivity (Wildman–Crippen MR) is 83.9 cm³/mol. The number of furan rings is 1. The molecule has 0 aliphatic heterocycles. The fourth-order valence-corrected chi connectivity index (χ4v) is 3.27. The van der Waals surface area contributed by atoms with Gasteiger partial charge < -0.3 is 4.42 Å². The van der Waals surface area contributed by atoms with E-state index in [4.69, 9.17) is 16.0 Å². The first kappa shape index (κ1) is 11.3. The zero-order valence-corrected chi connectivity index (χ0v) is 12.1. The van der Waals surface area contributed by atoms with E-state index in [2.05, 4.69) is 28.1 Å². The van der Waals surface area contributed by atoms with Gasteiger partial charge in [0.05, 0.1) is 4.47 Å². The topological polar surface area (TPSA) is 13.1 Å². The van der Waals surface area contributed by atoms with Gasteiger partial charge >= 0.3 is 0 Å². The van der Waals surface area contributed by atoms with Crippen molar-refractivity contribution in [3.05, 3.63) is 58.0 Å². The SMILES string of the molecule is Clc1cccc2c1ccc1oc3c(Br)cccc3c12. The number of para-hydroxylation sites is 1. The van der Waals surface area contributed by atoms with Crippen molar-refractivity contribution >= 4 is 60.2 Å². The molecule has 0 amide bonds. The minimum atomic E-state index is 0.767. The Labute approximate surface area is 122 Å². The molecule has 0 saturated heterocycles. The maximum atomic E-state index is 6.27. The summed E-state index contributed by atoms with van der Waals surface area (Å²) in [7, 11) is 0. The van der Waals surface area contributed by atoms with Crippen LogP contribution >= 0.6 is 27.5 Å². The van der Waals surface area contributed by atoms with E-state index in [-0.39, 0.29) is 0 Å². The number of hydrogen-bond acceptors (Lipinski definition) is 1. The van der Waals surface area contributed by atoms with Gasteiger partial charge in [-0.2, -0.15) is 0 Å². The Morgan fingerprint density at radius 1 is 0.842 bits per heavy atom. The maximum Gasteiger partial charge on any atom is 0.149 e. The first-order valence-corrected chi connectivity index (χ1v) is 7.11. The van der Waals surface area contributed by atoms with Crippen molar-refractivity contribution < 1.29 is 4.42 Å².